The number of hydrogen-bond donors (Lipinski definition) is 1. The van der Waals surface area contributed by atoms with E-state index in [1.807, 2.05) is 49.4 Å². The molecule has 1 N–H and O–H groups in total. The number of nitrogens with zero attached hydrogens (tertiary/aromatic N) is 2. The Morgan fingerprint density at radius 3 is 2.64 bits per heavy atom. The number of thioether (sulfide) groups is 1. The summed E-state index contributed by atoms with van der Waals surface area (Å²) in [4.78, 5) is 16.9. The number of carbonyl (C=O) groups excluding carboxylic acids is 1. The molecule has 0 saturated carbocycles. The zero-order valence-corrected chi connectivity index (χ0v) is 18.1. The van der Waals surface area contributed by atoms with E-state index in [1.165, 1.54) is 4.70 Å². The Bertz CT molecular complexity index is 928. The van der Waals surface area contributed by atoms with Crippen LogP contribution in [-0.2, 0) is 5.75 Å². The number of hydrogen-bond acceptors (Lipinski definition) is 5. The monoisotopic (exact) mass is 411 g/mol. The van der Waals surface area contributed by atoms with Gasteiger partial charge in [0, 0.05) is 17.0 Å². The molecule has 3 aromatic rings. The summed E-state index contributed by atoms with van der Waals surface area (Å²) in [6.07, 6.45) is 1.98. The van der Waals surface area contributed by atoms with Gasteiger partial charge in [0.25, 0.3) is 5.91 Å². The van der Waals surface area contributed by atoms with E-state index >= 15 is 0 Å². The van der Waals surface area contributed by atoms with Crippen molar-refractivity contribution in [3.63, 3.8) is 0 Å². The van der Waals surface area contributed by atoms with Gasteiger partial charge in [0.1, 0.15) is 0 Å². The molecule has 0 radical (unpaired) electrons. The summed E-state index contributed by atoms with van der Waals surface area (Å²) in [7, 11) is 0. The van der Waals surface area contributed by atoms with Crippen LogP contribution in [0.4, 0.5) is 0 Å². The third kappa shape index (κ3) is 5.91. The van der Waals surface area contributed by atoms with Gasteiger partial charge in [-0.3, -0.25) is 4.79 Å². The number of amides is 1. The van der Waals surface area contributed by atoms with Crippen LogP contribution < -0.4 is 5.43 Å². The number of carbonyl (C=O) groups is 1. The van der Waals surface area contributed by atoms with Crippen LogP contribution >= 0.6 is 23.1 Å². The molecule has 0 aliphatic rings. The second-order valence-corrected chi connectivity index (χ2v) is 9.41. The lowest BCUT2D eigenvalue weighted by molar-refractivity contribution is 0.0954. The average molecular weight is 412 g/mol. The lowest BCUT2D eigenvalue weighted by atomic mass is 10.1. The van der Waals surface area contributed by atoms with Crippen LogP contribution in [0.1, 0.15) is 49.5 Å². The van der Waals surface area contributed by atoms with Gasteiger partial charge >= 0.3 is 0 Å². The molecule has 146 valence electrons. The molecule has 0 saturated heterocycles. The van der Waals surface area contributed by atoms with Gasteiger partial charge in [-0.05, 0) is 55.5 Å². The maximum absolute atomic E-state index is 12.2. The first-order valence-corrected chi connectivity index (χ1v) is 11.2. The normalized spacial score (nSPS) is 11.9. The Hall–Kier alpha value is -2.18. The molecule has 1 amide bonds. The van der Waals surface area contributed by atoms with Crippen LogP contribution in [0, 0.1) is 5.92 Å². The fourth-order valence-electron chi connectivity index (χ4n) is 2.57. The number of fused-ring (bicyclic) bond motifs is 1. The minimum Gasteiger partial charge on any atom is -0.267 e. The molecule has 4 nitrogen and oxygen atoms in total. The maximum Gasteiger partial charge on any atom is 0.271 e. The smallest absolute Gasteiger partial charge is 0.267 e. The first-order chi connectivity index (χ1) is 13.5. The molecule has 0 unspecified atom stereocenters. The van der Waals surface area contributed by atoms with Gasteiger partial charge in [0.05, 0.1) is 10.2 Å². The number of aromatic nitrogens is 1. The summed E-state index contributed by atoms with van der Waals surface area (Å²) in [5.41, 5.74) is 6.43. The molecule has 1 aromatic heterocycles. The van der Waals surface area contributed by atoms with Crippen molar-refractivity contribution >= 4 is 44.9 Å². The highest BCUT2D eigenvalue weighted by molar-refractivity contribution is 8.00. The summed E-state index contributed by atoms with van der Waals surface area (Å²) in [6, 6.07) is 15.9. The highest BCUT2D eigenvalue weighted by Crippen LogP contribution is 2.31. The molecule has 6 heteroatoms. The summed E-state index contributed by atoms with van der Waals surface area (Å²) in [6.45, 7) is 6.32. The van der Waals surface area contributed by atoms with Gasteiger partial charge in [0.15, 0.2) is 4.34 Å². The minimum absolute atomic E-state index is 0.172. The Morgan fingerprint density at radius 2 is 1.93 bits per heavy atom. The predicted molar refractivity (Wildman–Crippen MR) is 120 cm³/mol. The van der Waals surface area contributed by atoms with Gasteiger partial charge in [-0.2, -0.15) is 5.10 Å². The van der Waals surface area contributed by atoms with Crippen molar-refractivity contribution < 1.29 is 4.79 Å². The molecule has 1 heterocycles. The largest absolute Gasteiger partial charge is 0.271 e. The van der Waals surface area contributed by atoms with Gasteiger partial charge in [-0.15, -0.1) is 11.3 Å². The molecule has 2 aromatic carbocycles. The van der Waals surface area contributed by atoms with Crippen LogP contribution in [0.25, 0.3) is 10.2 Å². The predicted octanol–water partition coefficient (Wildman–Crippen LogP) is 6.13. The van der Waals surface area contributed by atoms with Crippen molar-refractivity contribution in [3.8, 4) is 0 Å². The quantitative estimate of drug-likeness (QED) is 0.275. The minimum atomic E-state index is -0.172. The lowest BCUT2D eigenvalue weighted by Gasteiger charge is -2.05. The van der Waals surface area contributed by atoms with Crippen molar-refractivity contribution in [1.29, 1.82) is 0 Å². The van der Waals surface area contributed by atoms with E-state index in [-0.39, 0.29) is 5.91 Å². The van der Waals surface area contributed by atoms with Gasteiger partial charge in [-0.1, -0.05) is 49.9 Å². The molecule has 28 heavy (non-hydrogen) atoms. The second-order valence-electron chi connectivity index (χ2n) is 7.15. The molecular weight excluding hydrogens is 386 g/mol. The van der Waals surface area contributed by atoms with Crippen molar-refractivity contribution in [2.45, 2.75) is 43.7 Å². The summed E-state index contributed by atoms with van der Waals surface area (Å²) in [5.74, 6) is 1.29. The van der Waals surface area contributed by atoms with Crippen molar-refractivity contribution in [3.05, 3.63) is 59.7 Å². The molecule has 3 rings (SSSR count). The van der Waals surface area contributed by atoms with E-state index in [1.54, 1.807) is 23.1 Å². The van der Waals surface area contributed by atoms with E-state index in [0.717, 1.165) is 39.7 Å². The van der Waals surface area contributed by atoms with Crippen molar-refractivity contribution in [1.82, 2.24) is 10.4 Å². The summed E-state index contributed by atoms with van der Waals surface area (Å²) >= 11 is 3.43. The summed E-state index contributed by atoms with van der Waals surface area (Å²) < 4.78 is 2.27. The molecule has 0 aliphatic carbocycles. The first kappa shape index (κ1) is 20.6. The van der Waals surface area contributed by atoms with Crippen LogP contribution in [-0.4, -0.2) is 16.6 Å². The lowest BCUT2D eigenvalue weighted by Crippen LogP contribution is -2.19. The number of rotatable bonds is 8. The first-order valence-electron chi connectivity index (χ1n) is 9.42. The number of para-hydroxylation sites is 1. The zero-order valence-electron chi connectivity index (χ0n) is 16.4. The van der Waals surface area contributed by atoms with E-state index < -0.39 is 0 Å². The highest BCUT2D eigenvalue weighted by Gasteiger charge is 2.07. The highest BCUT2D eigenvalue weighted by atomic mass is 32.2. The number of hydrazone groups is 1. The van der Waals surface area contributed by atoms with Crippen LogP contribution in [0.2, 0.25) is 0 Å². The Labute approximate surface area is 174 Å². The Balaban J connectivity index is 1.52. The molecule has 0 aliphatic heterocycles. The maximum atomic E-state index is 12.2. The van der Waals surface area contributed by atoms with Crippen molar-refractivity contribution in [2.75, 3.05) is 0 Å². The molecule has 0 bridgehead atoms. The number of thiazole rings is 1. The van der Waals surface area contributed by atoms with Crippen LogP contribution in [0.3, 0.4) is 0 Å². The zero-order chi connectivity index (χ0) is 19.9. The molecule has 0 spiro atoms. The number of benzene rings is 2. The van der Waals surface area contributed by atoms with Crippen LogP contribution in [0.15, 0.2) is 58.0 Å². The van der Waals surface area contributed by atoms with E-state index in [0.29, 0.717) is 11.5 Å². The SMILES string of the molecule is C/C(CCC(C)C)=N/NC(=O)c1ccc(CSc2nc3ccccc3s2)cc1. The molecule has 0 fully saturated rings. The number of nitrogens with one attached hydrogen (secondary N) is 1. The van der Waals surface area contributed by atoms with Gasteiger partial charge in [-0.25, -0.2) is 10.4 Å². The average Bonchev–Trinajstić information content (AvgIpc) is 3.12. The van der Waals surface area contributed by atoms with Gasteiger partial charge < -0.3 is 0 Å². The van der Waals surface area contributed by atoms with Crippen molar-refractivity contribution in [2.24, 2.45) is 11.0 Å². The fraction of sp³-hybridized carbons (Fsp3) is 0.318. The van der Waals surface area contributed by atoms with E-state index in [9.17, 15) is 4.79 Å². The molecule has 0 atom stereocenters. The molecular formula is C22H25N3OS2. The van der Waals surface area contributed by atoms with Gasteiger partial charge in [0.2, 0.25) is 0 Å². The van der Waals surface area contributed by atoms with E-state index in [2.05, 4.69) is 35.4 Å². The standard InChI is InChI=1S/C22H25N3OS2/c1-15(2)8-9-16(3)24-25-21(26)18-12-10-17(11-13-18)14-27-22-23-19-6-4-5-7-20(19)28-22/h4-7,10-13,15H,8-9,14H2,1-3H3,(H,25,26)/b24-16-. The topological polar surface area (TPSA) is 54.4 Å². The Kier molecular flexibility index (Phi) is 7.23. The third-order valence-corrected chi connectivity index (χ3v) is 6.53. The Morgan fingerprint density at radius 1 is 1.18 bits per heavy atom. The van der Waals surface area contributed by atoms with E-state index in [4.69, 9.17) is 0 Å². The summed E-state index contributed by atoms with van der Waals surface area (Å²) in [5, 5.41) is 4.20. The van der Waals surface area contributed by atoms with Crippen LogP contribution in [0.5, 0.6) is 0 Å². The fourth-order valence-corrected chi connectivity index (χ4v) is 4.60. The second kappa shape index (κ2) is 9.85. The third-order valence-electron chi connectivity index (χ3n) is 4.28.